The van der Waals surface area contributed by atoms with Crippen LogP contribution in [0.1, 0.15) is 12.5 Å². The number of nitro groups is 1. The highest BCUT2D eigenvalue weighted by Crippen LogP contribution is 2.38. The zero-order valence-corrected chi connectivity index (χ0v) is 14.0. The molecule has 10 nitrogen and oxygen atoms in total. The molecule has 25 heavy (non-hydrogen) atoms. The van der Waals surface area contributed by atoms with Gasteiger partial charge in [0, 0.05) is 20.0 Å². The van der Waals surface area contributed by atoms with Crippen molar-refractivity contribution in [3.63, 3.8) is 0 Å². The molecule has 0 saturated heterocycles. The molecule has 0 atom stereocenters. The third kappa shape index (κ3) is 3.57. The maximum Gasteiger partial charge on any atom is 0.315 e. The van der Waals surface area contributed by atoms with Gasteiger partial charge >= 0.3 is 5.69 Å². The summed E-state index contributed by atoms with van der Waals surface area (Å²) >= 11 is 0. The molecule has 1 aromatic rings. The van der Waals surface area contributed by atoms with E-state index in [9.17, 15) is 19.7 Å². The predicted octanol–water partition coefficient (Wildman–Crippen LogP) is 0.917. The van der Waals surface area contributed by atoms with Crippen LogP contribution in [0.3, 0.4) is 0 Å². The number of guanidine groups is 1. The van der Waals surface area contributed by atoms with Crippen molar-refractivity contribution in [1.29, 1.82) is 0 Å². The van der Waals surface area contributed by atoms with Gasteiger partial charge in [-0.3, -0.25) is 25.0 Å². The van der Waals surface area contributed by atoms with Crippen LogP contribution in [0.4, 0.5) is 5.69 Å². The SMILES string of the molecule is COc1cc(/C=C2\C(=O)N=C(NC(C)=O)N2C)cc([N+](=O)[O-])c1OC. The van der Waals surface area contributed by atoms with Crippen molar-refractivity contribution < 1.29 is 24.0 Å². The lowest BCUT2D eigenvalue weighted by atomic mass is 10.1. The fourth-order valence-corrected chi connectivity index (χ4v) is 2.26. The van der Waals surface area contributed by atoms with E-state index in [1.807, 2.05) is 0 Å². The molecule has 1 heterocycles. The molecule has 0 fully saturated rings. The highest BCUT2D eigenvalue weighted by molar-refractivity contribution is 6.15. The number of hydrogen-bond donors (Lipinski definition) is 1. The summed E-state index contributed by atoms with van der Waals surface area (Å²) in [7, 11) is 4.19. The first-order valence-corrected chi connectivity index (χ1v) is 7.05. The third-order valence-corrected chi connectivity index (χ3v) is 3.38. The number of nitrogens with zero attached hydrogens (tertiary/aromatic N) is 3. The Balaban J connectivity index is 2.48. The second kappa shape index (κ2) is 6.99. The smallest absolute Gasteiger partial charge is 0.315 e. The van der Waals surface area contributed by atoms with Crippen LogP contribution in [-0.2, 0) is 9.59 Å². The zero-order valence-electron chi connectivity index (χ0n) is 14.0. The molecule has 0 unspecified atom stereocenters. The van der Waals surface area contributed by atoms with Crippen LogP contribution in [0.2, 0.25) is 0 Å². The molecular weight excluding hydrogens is 332 g/mol. The second-order valence-electron chi connectivity index (χ2n) is 5.04. The van der Waals surface area contributed by atoms with E-state index in [1.165, 1.54) is 44.3 Å². The predicted molar refractivity (Wildman–Crippen MR) is 88.2 cm³/mol. The number of carbonyl (C=O) groups is 2. The number of likely N-dealkylation sites (N-methyl/N-ethyl adjacent to an activating group) is 1. The van der Waals surface area contributed by atoms with Crippen LogP contribution in [-0.4, -0.2) is 48.9 Å². The van der Waals surface area contributed by atoms with Crippen LogP contribution < -0.4 is 14.8 Å². The second-order valence-corrected chi connectivity index (χ2v) is 5.04. The van der Waals surface area contributed by atoms with E-state index in [-0.39, 0.29) is 34.8 Å². The van der Waals surface area contributed by atoms with E-state index >= 15 is 0 Å². The molecule has 2 amide bonds. The van der Waals surface area contributed by atoms with Crippen molar-refractivity contribution in [2.24, 2.45) is 4.99 Å². The molecule has 2 rings (SSSR count). The van der Waals surface area contributed by atoms with Gasteiger partial charge in [0.2, 0.25) is 17.6 Å². The first kappa shape index (κ1) is 17.9. The lowest BCUT2D eigenvalue weighted by molar-refractivity contribution is -0.385. The lowest BCUT2D eigenvalue weighted by Crippen LogP contribution is -2.37. The van der Waals surface area contributed by atoms with Crippen molar-refractivity contribution in [2.45, 2.75) is 6.92 Å². The Kier molecular flexibility index (Phi) is 5.01. The quantitative estimate of drug-likeness (QED) is 0.487. The minimum atomic E-state index is -0.608. The first-order chi connectivity index (χ1) is 11.8. The summed E-state index contributed by atoms with van der Waals surface area (Å²) in [5, 5.41) is 13.7. The number of hydrogen-bond acceptors (Lipinski definition) is 7. The minimum Gasteiger partial charge on any atom is -0.493 e. The van der Waals surface area contributed by atoms with E-state index in [0.29, 0.717) is 5.56 Å². The zero-order chi connectivity index (χ0) is 18.7. The van der Waals surface area contributed by atoms with E-state index in [0.717, 1.165) is 0 Å². The van der Waals surface area contributed by atoms with Gasteiger partial charge in [0.05, 0.1) is 19.1 Å². The van der Waals surface area contributed by atoms with Gasteiger partial charge < -0.3 is 14.4 Å². The normalized spacial score (nSPS) is 15.2. The molecule has 0 spiro atoms. The number of benzene rings is 1. The fourth-order valence-electron chi connectivity index (χ4n) is 2.26. The Morgan fingerprint density at radius 3 is 2.56 bits per heavy atom. The number of nitro benzene ring substituents is 1. The Morgan fingerprint density at radius 1 is 1.36 bits per heavy atom. The van der Waals surface area contributed by atoms with Crippen molar-refractivity contribution >= 4 is 29.5 Å². The maximum absolute atomic E-state index is 12.0. The largest absolute Gasteiger partial charge is 0.493 e. The monoisotopic (exact) mass is 348 g/mol. The molecule has 0 saturated carbocycles. The van der Waals surface area contributed by atoms with E-state index < -0.39 is 10.8 Å². The number of carbonyl (C=O) groups excluding carboxylic acids is 2. The fraction of sp³-hybridized carbons (Fsp3) is 0.267. The Hall–Kier alpha value is -3.43. The number of ether oxygens (including phenoxy) is 2. The molecule has 0 bridgehead atoms. The lowest BCUT2D eigenvalue weighted by Gasteiger charge is -2.15. The Labute approximate surface area is 142 Å². The van der Waals surface area contributed by atoms with Crippen molar-refractivity contribution in [3.05, 3.63) is 33.5 Å². The average molecular weight is 348 g/mol. The van der Waals surface area contributed by atoms with Gasteiger partial charge in [0.1, 0.15) is 5.70 Å². The molecule has 0 aliphatic carbocycles. The molecular formula is C15H16N4O6. The molecule has 10 heteroatoms. The van der Waals surface area contributed by atoms with Gasteiger partial charge in [-0.2, -0.15) is 4.99 Å². The summed E-state index contributed by atoms with van der Waals surface area (Å²) in [4.78, 5) is 38.9. The third-order valence-electron chi connectivity index (χ3n) is 3.38. The Bertz CT molecular complexity index is 814. The van der Waals surface area contributed by atoms with Crippen LogP contribution in [0.15, 0.2) is 22.8 Å². The number of nitrogens with one attached hydrogen (secondary N) is 1. The summed E-state index contributed by atoms with van der Waals surface area (Å²) in [6.07, 6.45) is 1.41. The van der Waals surface area contributed by atoms with Crippen LogP contribution >= 0.6 is 0 Å². The summed E-state index contributed by atoms with van der Waals surface area (Å²) in [6, 6.07) is 2.75. The van der Waals surface area contributed by atoms with Crippen molar-refractivity contribution in [2.75, 3.05) is 21.3 Å². The van der Waals surface area contributed by atoms with E-state index in [4.69, 9.17) is 9.47 Å². The number of amides is 2. The van der Waals surface area contributed by atoms with Gasteiger partial charge in [0.25, 0.3) is 5.91 Å². The summed E-state index contributed by atoms with van der Waals surface area (Å²) in [5.41, 5.74) is 0.189. The number of aliphatic imine (C=N–C) groups is 1. The number of methoxy groups -OCH3 is 2. The topological polar surface area (TPSA) is 123 Å². The highest BCUT2D eigenvalue weighted by Gasteiger charge is 2.28. The standard InChI is InChI=1S/C15H16N4O6/c1-8(20)16-15-17-14(21)11(18(15)2)6-9-5-10(19(22)23)13(25-4)12(7-9)24-3/h5-7H,1-4H3,(H,16,17,20,21)/b11-6+. The van der Waals surface area contributed by atoms with Gasteiger partial charge in [-0.25, -0.2) is 0 Å². The van der Waals surface area contributed by atoms with Crippen LogP contribution in [0, 0.1) is 10.1 Å². The molecule has 0 aromatic heterocycles. The van der Waals surface area contributed by atoms with Crippen molar-refractivity contribution in [1.82, 2.24) is 10.2 Å². The summed E-state index contributed by atoms with van der Waals surface area (Å²) in [5.74, 6) is -0.737. The minimum absolute atomic E-state index is 0.0176. The van der Waals surface area contributed by atoms with Crippen LogP contribution in [0.25, 0.3) is 6.08 Å². The van der Waals surface area contributed by atoms with Gasteiger partial charge in [-0.05, 0) is 17.7 Å². The van der Waals surface area contributed by atoms with Gasteiger partial charge in [0.15, 0.2) is 5.75 Å². The molecule has 1 N–H and O–H groups in total. The van der Waals surface area contributed by atoms with E-state index in [2.05, 4.69) is 10.3 Å². The molecule has 1 aromatic carbocycles. The van der Waals surface area contributed by atoms with E-state index in [1.54, 1.807) is 7.05 Å². The first-order valence-electron chi connectivity index (χ1n) is 7.05. The van der Waals surface area contributed by atoms with Crippen molar-refractivity contribution in [3.8, 4) is 11.5 Å². The maximum atomic E-state index is 12.0. The summed E-state index contributed by atoms with van der Waals surface area (Å²) in [6.45, 7) is 1.29. The summed E-state index contributed by atoms with van der Waals surface area (Å²) < 4.78 is 10.1. The molecule has 132 valence electrons. The number of rotatable bonds is 4. The Morgan fingerprint density at radius 2 is 2.04 bits per heavy atom. The highest BCUT2D eigenvalue weighted by atomic mass is 16.6. The molecule has 1 aliphatic heterocycles. The molecule has 1 aliphatic rings. The van der Waals surface area contributed by atoms with Gasteiger partial charge in [-0.1, -0.05) is 0 Å². The van der Waals surface area contributed by atoms with Crippen LogP contribution in [0.5, 0.6) is 11.5 Å². The molecule has 0 radical (unpaired) electrons. The van der Waals surface area contributed by atoms with Gasteiger partial charge in [-0.15, -0.1) is 0 Å². The average Bonchev–Trinajstić information content (AvgIpc) is 2.80.